The van der Waals surface area contributed by atoms with Crippen molar-refractivity contribution in [2.24, 2.45) is 5.92 Å². The second kappa shape index (κ2) is 19.0. The fourth-order valence-electron chi connectivity index (χ4n) is 3.42. The number of rotatable bonds is 9. The van der Waals surface area contributed by atoms with Gasteiger partial charge in [-0.3, -0.25) is 9.69 Å². The van der Waals surface area contributed by atoms with Gasteiger partial charge in [0.25, 0.3) is 0 Å². The molecule has 1 heterocycles. The molecule has 1 saturated heterocycles. The molecule has 1 amide bonds. The third kappa shape index (κ3) is 17.3. The van der Waals surface area contributed by atoms with E-state index in [-0.39, 0.29) is 6.61 Å². The molecule has 0 aromatic heterocycles. The predicted octanol–water partition coefficient (Wildman–Crippen LogP) is 5.81. The zero-order chi connectivity index (χ0) is 26.8. The average Bonchev–Trinajstić information content (AvgIpc) is 3.75. The van der Waals surface area contributed by atoms with Crippen molar-refractivity contribution in [3.8, 4) is 0 Å². The second-order valence-electron chi connectivity index (χ2n) is 9.94. The molecule has 1 aromatic carbocycles. The van der Waals surface area contributed by atoms with Crippen molar-refractivity contribution < 1.29 is 18.3 Å². The highest BCUT2D eigenvalue weighted by Gasteiger charge is 2.28. The molecule has 3 fully saturated rings. The quantitative estimate of drug-likeness (QED) is 0.397. The van der Waals surface area contributed by atoms with Gasteiger partial charge in [0, 0.05) is 50.4 Å². The number of hydrogen-bond acceptors (Lipinski definition) is 5. The lowest BCUT2D eigenvalue weighted by molar-refractivity contribution is -0.133. The lowest BCUT2D eigenvalue weighted by Crippen LogP contribution is -2.49. The average molecular weight is 545 g/mol. The molecule has 0 spiro atoms. The Morgan fingerprint density at radius 2 is 1.47 bits per heavy atom. The first-order valence-electron chi connectivity index (χ1n) is 13.8. The van der Waals surface area contributed by atoms with Gasteiger partial charge in [0.15, 0.2) is 9.84 Å². The Morgan fingerprint density at radius 3 is 1.86 bits per heavy atom. The van der Waals surface area contributed by atoms with Crippen molar-refractivity contribution >= 4 is 27.3 Å². The Bertz CT molecular complexity index is 797. The SMILES string of the molecule is C1CC1.CCCCCCC.CS(=O)(=O)c1ccc(Cl)cc1.O=C(CC1CC1)N1CCN(CCO)CC1. The van der Waals surface area contributed by atoms with Gasteiger partial charge in [-0.2, -0.15) is 0 Å². The summed E-state index contributed by atoms with van der Waals surface area (Å²) in [6.45, 7) is 8.96. The summed E-state index contributed by atoms with van der Waals surface area (Å²) in [5, 5.41) is 9.34. The minimum absolute atomic E-state index is 0.218. The molecule has 1 aromatic rings. The van der Waals surface area contributed by atoms with Crippen LogP contribution >= 0.6 is 11.6 Å². The third-order valence-corrected chi connectivity index (χ3v) is 7.48. The maximum atomic E-state index is 11.8. The number of carbonyl (C=O) groups excluding carboxylic acids is 1. The van der Waals surface area contributed by atoms with Crippen molar-refractivity contribution in [2.75, 3.05) is 45.6 Å². The summed E-state index contributed by atoms with van der Waals surface area (Å²) >= 11 is 5.57. The van der Waals surface area contributed by atoms with Crippen LogP contribution in [0, 0.1) is 5.92 Å². The van der Waals surface area contributed by atoms with Crippen LogP contribution in [0.15, 0.2) is 29.2 Å². The minimum Gasteiger partial charge on any atom is -0.395 e. The fourth-order valence-corrected chi connectivity index (χ4v) is 4.18. The van der Waals surface area contributed by atoms with Crippen LogP contribution in [-0.4, -0.2) is 74.8 Å². The lowest BCUT2D eigenvalue weighted by Gasteiger charge is -2.34. The number of hydrogen-bond donors (Lipinski definition) is 1. The van der Waals surface area contributed by atoms with Gasteiger partial charge in [-0.25, -0.2) is 8.42 Å². The first-order chi connectivity index (χ1) is 17.2. The summed E-state index contributed by atoms with van der Waals surface area (Å²) in [5.74, 6) is 1.02. The number of benzene rings is 1. The number of nitrogens with zero attached hydrogens (tertiary/aromatic N) is 2. The van der Waals surface area contributed by atoms with Gasteiger partial charge in [0.05, 0.1) is 11.5 Å². The van der Waals surface area contributed by atoms with E-state index in [9.17, 15) is 13.2 Å². The smallest absolute Gasteiger partial charge is 0.222 e. The Kier molecular flexibility index (Phi) is 17.4. The normalized spacial score (nSPS) is 17.0. The van der Waals surface area contributed by atoms with E-state index in [1.807, 2.05) is 4.90 Å². The lowest BCUT2D eigenvalue weighted by atomic mass is 10.2. The highest BCUT2D eigenvalue weighted by molar-refractivity contribution is 7.90. The first-order valence-corrected chi connectivity index (χ1v) is 16.0. The standard InChI is InChI=1S/C11H20N2O2.C7H7ClO2S.C7H16.C3H6/c14-8-7-12-3-5-13(6-4-12)11(15)9-10-1-2-10;1-11(9,10)7-4-2-6(8)3-5-7;1-3-5-7-6-4-2;1-2-3-1/h10,14H,1-9H2;2-5H,1H3;3-7H2,1-2H3;1-3H2. The Balaban J connectivity index is 0.000000270. The van der Waals surface area contributed by atoms with Crippen LogP contribution in [-0.2, 0) is 14.6 Å². The highest BCUT2D eigenvalue weighted by atomic mass is 35.5. The van der Waals surface area contributed by atoms with Crippen molar-refractivity contribution in [1.82, 2.24) is 9.80 Å². The Morgan fingerprint density at radius 1 is 0.944 bits per heavy atom. The number of piperazine rings is 1. The third-order valence-electron chi connectivity index (χ3n) is 6.10. The zero-order valence-corrected chi connectivity index (χ0v) is 24.3. The number of carbonyl (C=O) groups is 1. The molecule has 8 heteroatoms. The maximum absolute atomic E-state index is 11.8. The molecule has 36 heavy (non-hydrogen) atoms. The second-order valence-corrected chi connectivity index (χ2v) is 12.4. The molecule has 1 N–H and O–H groups in total. The minimum atomic E-state index is -3.08. The molecule has 2 saturated carbocycles. The molecular formula is C28H49ClN2O4S. The van der Waals surface area contributed by atoms with Crippen LogP contribution in [0.4, 0.5) is 0 Å². The number of aliphatic hydroxyl groups is 1. The first kappa shape index (κ1) is 32.9. The number of unbranched alkanes of at least 4 members (excludes halogenated alkanes) is 4. The Labute approximate surface area is 225 Å². The van der Waals surface area contributed by atoms with Crippen molar-refractivity contribution in [1.29, 1.82) is 0 Å². The molecule has 0 bridgehead atoms. The molecule has 3 aliphatic rings. The maximum Gasteiger partial charge on any atom is 0.222 e. The van der Waals surface area contributed by atoms with E-state index in [2.05, 4.69) is 18.7 Å². The predicted molar refractivity (Wildman–Crippen MR) is 150 cm³/mol. The van der Waals surface area contributed by atoms with E-state index in [1.54, 1.807) is 12.1 Å². The van der Waals surface area contributed by atoms with Crippen LogP contribution in [0.2, 0.25) is 5.02 Å². The topological polar surface area (TPSA) is 77.9 Å². The van der Waals surface area contributed by atoms with Gasteiger partial charge in [-0.15, -0.1) is 0 Å². The van der Waals surface area contributed by atoms with Crippen LogP contribution in [0.5, 0.6) is 0 Å². The fraction of sp³-hybridized carbons (Fsp3) is 0.750. The Hall–Kier alpha value is -1.15. The van der Waals surface area contributed by atoms with Crippen LogP contribution in [0.25, 0.3) is 0 Å². The molecule has 0 radical (unpaired) electrons. The van der Waals surface area contributed by atoms with Crippen molar-refractivity contribution in [3.63, 3.8) is 0 Å². The van der Waals surface area contributed by atoms with Gasteiger partial charge in [0.2, 0.25) is 5.91 Å². The number of β-amino-alcohol motifs (C(OH)–C–C–N with tert-alkyl or cyclic N) is 1. The molecule has 0 unspecified atom stereocenters. The van der Waals surface area contributed by atoms with Crippen molar-refractivity contribution in [3.05, 3.63) is 29.3 Å². The van der Waals surface area contributed by atoms with Crippen LogP contribution in [0.1, 0.15) is 84.5 Å². The van der Waals surface area contributed by atoms with Crippen LogP contribution < -0.4 is 0 Å². The summed E-state index contributed by atoms with van der Waals surface area (Å²) < 4.78 is 21.8. The molecule has 208 valence electrons. The number of sulfone groups is 1. The number of amides is 1. The number of halogens is 1. The summed E-state index contributed by atoms with van der Waals surface area (Å²) in [7, 11) is -3.08. The molecule has 4 rings (SSSR count). The van der Waals surface area contributed by atoms with Crippen LogP contribution in [0.3, 0.4) is 0 Å². The van der Waals surface area contributed by atoms with Gasteiger partial charge < -0.3 is 10.0 Å². The van der Waals surface area contributed by atoms with E-state index in [0.717, 1.165) is 45.4 Å². The number of aliphatic hydroxyl groups excluding tert-OH is 1. The summed E-state index contributed by atoms with van der Waals surface area (Å²) in [5.41, 5.74) is 0. The summed E-state index contributed by atoms with van der Waals surface area (Å²) in [6, 6.07) is 6.07. The van der Waals surface area contributed by atoms with Crippen molar-refractivity contribution in [2.45, 2.75) is 89.4 Å². The molecular weight excluding hydrogens is 496 g/mol. The highest BCUT2D eigenvalue weighted by Crippen LogP contribution is 2.32. The monoisotopic (exact) mass is 544 g/mol. The summed E-state index contributed by atoms with van der Waals surface area (Å²) in [4.78, 5) is 16.3. The molecule has 6 nitrogen and oxygen atoms in total. The zero-order valence-electron chi connectivity index (χ0n) is 22.8. The van der Waals surface area contributed by atoms with Gasteiger partial charge in [-0.1, -0.05) is 76.8 Å². The van der Waals surface area contributed by atoms with Gasteiger partial charge in [0.1, 0.15) is 0 Å². The van der Waals surface area contributed by atoms with Gasteiger partial charge >= 0.3 is 0 Å². The van der Waals surface area contributed by atoms with E-state index >= 15 is 0 Å². The van der Waals surface area contributed by atoms with E-state index in [0.29, 0.717) is 21.7 Å². The largest absolute Gasteiger partial charge is 0.395 e. The van der Waals surface area contributed by atoms with Gasteiger partial charge in [-0.05, 0) is 43.0 Å². The molecule has 1 aliphatic heterocycles. The molecule has 0 atom stereocenters. The van der Waals surface area contributed by atoms with E-state index in [1.165, 1.54) is 76.3 Å². The van der Waals surface area contributed by atoms with E-state index in [4.69, 9.17) is 16.7 Å². The summed E-state index contributed by atoms with van der Waals surface area (Å²) in [6.07, 6.45) is 15.9. The van der Waals surface area contributed by atoms with E-state index < -0.39 is 9.84 Å². The molecule has 2 aliphatic carbocycles.